The Kier molecular flexibility index (Phi) is 4.71. The average molecular weight is 305 g/mol. The zero-order valence-corrected chi connectivity index (χ0v) is 12.8. The Bertz CT molecular complexity index is 822. The van der Waals surface area contributed by atoms with E-state index >= 15 is 0 Å². The van der Waals surface area contributed by atoms with Crippen LogP contribution in [0.4, 0.5) is 0 Å². The van der Waals surface area contributed by atoms with Gasteiger partial charge in [0, 0.05) is 27.2 Å². The second kappa shape index (κ2) is 6.52. The maximum Gasteiger partial charge on any atom is 0.332 e. The van der Waals surface area contributed by atoms with Crippen LogP contribution in [0.1, 0.15) is 17.4 Å². The third kappa shape index (κ3) is 2.91. The summed E-state index contributed by atoms with van der Waals surface area (Å²) in [6, 6.07) is 3.00. The minimum Gasteiger partial charge on any atom is -0.349 e. The van der Waals surface area contributed by atoms with Crippen LogP contribution in [0.2, 0.25) is 0 Å². The third-order valence-electron chi connectivity index (χ3n) is 3.37. The molecule has 2 heterocycles. The number of amides is 1. The molecule has 0 aliphatic heterocycles. The highest BCUT2D eigenvalue weighted by Crippen LogP contribution is 2.06. The van der Waals surface area contributed by atoms with Crippen molar-refractivity contribution in [3.63, 3.8) is 0 Å². The summed E-state index contributed by atoms with van der Waals surface area (Å²) in [6.07, 6.45) is 0. The van der Waals surface area contributed by atoms with Crippen molar-refractivity contribution in [1.82, 2.24) is 24.8 Å². The van der Waals surface area contributed by atoms with Crippen molar-refractivity contribution in [3.8, 4) is 0 Å². The predicted octanol–water partition coefficient (Wildman–Crippen LogP) is -1.03. The maximum absolute atomic E-state index is 12.0. The lowest BCUT2D eigenvalue weighted by molar-refractivity contribution is 0.0949. The van der Waals surface area contributed by atoms with Crippen LogP contribution < -0.4 is 21.9 Å². The number of nitrogens with zero attached hydrogens (tertiary/aromatic N) is 3. The molecule has 1 amide bonds. The van der Waals surface area contributed by atoms with Crippen LogP contribution in [0, 0.1) is 0 Å². The summed E-state index contributed by atoms with van der Waals surface area (Å²) >= 11 is 0. The molecule has 0 aliphatic rings. The van der Waals surface area contributed by atoms with Crippen LogP contribution >= 0.6 is 0 Å². The zero-order chi connectivity index (χ0) is 16.3. The second-order valence-corrected chi connectivity index (χ2v) is 4.88. The number of aryl methyl sites for hydroxylation is 1. The number of carbonyl (C=O) groups excluding carboxylic acids is 1. The summed E-state index contributed by atoms with van der Waals surface area (Å²) in [5, 5.41) is 6.11. The number of hydrogen-bond donors (Lipinski definition) is 2. The van der Waals surface area contributed by atoms with E-state index in [9.17, 15) is 14.4 Å². The van der Waals surface area contributed by atoms with Gasteiger partial charge in [-0.25, -0.2) is 9.78 Å². The minimum atomic E-state index is -0.477. The molecule has 0 saturated heterocycles. The molecule has 0 bridgehead atoms. The molecule has 0 spiro atoms. The molecule has 22 heavy (non-hydrogen) atoms. The van der Waals surface area contributed by atoms with Gasteiger partial charge in [0.25, 0.3) is 11.5 Å². The standard InChI is InChI=1S/C14H19N5O3/c1-4-15-7-8-16-12(20)10-6-5-9-11(17-10)18(2)14(22)19(3)13(9)21/h5-6,15H,4,7-8H2,1-3H3,(H,16,20). The van der Waals surface area contributed by atoms with E-state index < -0.39 is 11.2 Å². The number of fused-ring (bicyclic) bond motifs is 1. The summed E-state index contributed by atoms with van der Waals surface area (Å²) in [4.78, 5) is 40.1. The zero-order valence-electron chi connectivity index (χ0n) is 12.8. The third-order valence-corrected chi connectivity index (χ3v) is 3.37. The molecule has 8 heteroatoms. The minimum absolute atomic E-state index is 0.173. The monoisotopic (exact) mass is 305 g/mol. The van der Waals surface area contributed by atoms with Gasteiger partial charge in [0.15, 0.2) is 0 Å². The fourth-order valence-electron chi connectivity index (χ4n) is 2.11. The van der Waals surface area contributed by atoms with E-state index in [1.54, 1.807) is 0 Å². The lowest BCUT2D eigenvalue weighted by Gasteiger charge is -2.09. The Morgan fingerprint density at radius 3 is 2.59 bits per heavy atom. The number of pyridine rings is 1. The van der Waals surface area contributed by atoms with E-state index in [-0.39, 0.29) is 17.2 Å². The van der Waals surface area contributed by atoms with Gasteiger partial charge in [0.2, 0.25) is 0 Å². The van der Waals surface area contributed by atoms with Crippen LogP contribution in [0.15, 0.2) is 21.7 Å². The van der Waals surface area contributed by atoms with Gasteiger partial charge in [0.1, 0.15) is 11.3 Å². The van der Waals surface area contributed by atoms with Crippen LogP contribution in [0.25, 0.3) is 11.0 Å². The molecule has 0 atom stereocenters. The Morgan fingerprint density at radius 1 is 1.18 bits per heavy atom. The SMILES string of the molecule is CCNCCNC(=O)c1ccc2c(=O)n(C)c(=O)n(C)c2n1. The molecule has 0 aliphatic carbocycles. The number of hydrogen-bond acceptors (Lipinski definition) is 5. The van der Waals surface area contributed by atoms with E-state index in [1.165, 1.54) is 30.8 Å². The normalized spacial score (nSPS) is 10.9. The highest BCUT2D eigenvalue weighted by atomic mass is 16.2. The van der Waals surface area contributed by atoms with Crippen LogP contribution in [0.3, 0.4) is 0 Å². The molecule has 0 saturated carbocycles. The van der Waals surface area contributed by atoms with Crippen LogP contribution in [-0.2, 0) is 14.1 Å². The molecule has 8 nitrogen and oxygen atoms in total. The first-order chi connectivity index (χ1) is 10.5. The van der Waals surface area contributed by atoms with E-state index in [2.05, 4.69) is 15.6 Å². The fourth-order valence-corrected chi connectivity index (χ4v) is 2.11. The van der Waals surface area contributed by atoms with Crippen molar-refractivity contribution < 1.29 is 4.79 Å². The topological polar surface area (TPSA) is 98.0 Å². The number of nitrogens with one attached hydrogen (secondary N) is 2. The van der Waals surface area contributed by atoms with Gasteiger partial charge in [-0.05, 0) is 18.7 Å². The Hall–Kier alpha value is -2.48. The summed E-state index contributed by atoms with van der Waals surface area (Å²) in [6.45, 7) is 3.94. The van der Waals surface area contributed by atoms with Crippen molar-refractivity contribution in [2.75, 3.05) is 19.6 Å². The Balaban J connectivity index is 2.37. The smallest absolute Gasteiger partial charge is 0.332 e. The summed E-state index contributed by atoms with van der Waals surface area (Å²) in [7, 11) is 2.93. The van der Waals surface area contributed by atoms with Gasteiger partial charge < -0.3 is 10.6 Å². The van der Waals surface area contributed by atoms with Crippen molar-refractivity contribution in [3.05, 3.63) is 38.7 Å². The average Bonchev–Trinajstić information content (AvgIpc) is 2.54. The highest BCUT2D eigenvalue weighted by molar-refractivity contribution is 5.94. The van der Waals surface area contributed by atoms with Crippen LogP contribution in [0.5, 0.6) is 0 Å². The number of carbonyl (C=O) groups is 1. The lowest BCUT2D eigenvalue weighted by Crippen LogP contribution is -2.37. The Labute approximate surface area is 126 Å². The van der Waals surface area contributed by atoms with Gasteiger partial charge in [-0.3, -0.25) is 18.7 Å². The van der Waals surface area contributed by atoms with E-state index in [4.69, 9.17) is 0 Å². The molecule has 2 aromatic rings. The van der Waals surface area contributed by atoms with Crippen molar-refractivity contribution >= 4 is 16.9 Å². The second-order valence-electron chi connectivity index (χ2n) is 4.88. The largest absolute Gasteiger partial charge is 0.349 e. The van der Waals surface area contributed by atoms with E-state index in [1.807, 2.05) is 6.92 Å². The van der Waals surface area contributed by atoms with E-state index in [0.29, 0.717) is 18.5 Å². The van der Waals surface area contributed by atoms with Gasteiger partial charge in [-0.15, -0.1) is 0 Å². The van der Waals surface area contributed by atoms with Gasteiger partial charge >= 0.3 is 5.69 Å². The summed E-state index contributed by atoms with van der Waals surface area (Å²) in [5.41, 5.74) is -0.529. The quantitative estimate of drug-likeness (QED) is 0.689. The molecule has 2 aromatic heterocycles. The molecule has 0 fully saturated rings. The number of aromatic nitrogens is 3. The van der Waals surface area contributed by atoms with Crippen molar-refractivity contribution in [2.45, 2.75) is 6.92 Å². The van der Waals surface area contributed by atoms with Crippen molar-refractivity contribution in [1.29, 1.82) is 0 Å². The lowest BCUT2D eigenvalue weighted by atomic mass is 10.2. The molecular formula is C14H19N5O3. The predicted molar refractivity (Wildman–Crippen MR) is 83.1 cm³/mol. The Morgan fingerprint density at radius 2 is 1.91 bits per heavy atom. The molecule has 0 aromatic carbocycles. The molecule has 0 radical (unpaired) electrons. The van der Waals surface area contributed by atoms with E-state index in [0.717, 1.165) is 11.1 Å². The molecule has 0 unspecified atom stereocenters. The molecular weight excluding hydrogens is 286 g/mol. The maximum atomic E-state index is 12.0. The first-order valence-corrected chi connectivity index (χ1v) is 7.03. The first-order valence-electron chi connectivity index (χ1n) is 7.03. The van der Waals surface area contributed by atoms with Gasteiger partial charge in [-0.2, -0.15) is 0 Å². The van der Waals surface area contributed by atoms with Gasteiger partial charge in [-0.1, -0.05) is 6.92 Å². The summed E-state index contributed by atoms with van der Waals surface area (Å²) < 4.78 is 2.27. The number of likely N-dealkylation sites (N-methyl/N-ethyl adjacent to an activating group) is 1. The summed E-state index contributed by atoms with van der Waals surface area (Å²) in [5.74, 6) is -0.340. The fraction of sp³-hybridized carbons (Fsp3) is 0.429. The van der Waals surface area contributed by atoms with Crippen LogP contribution in [-0.4, -0.2) is 39.7 Å². The van der Waals surface area contributed by atoms with Crippen molar-refractivity contribution in [2.24, 2.45) is 14.1 Å². The molecule has 2 rings (SSSR count). The van der Waals surface area contributed by atoms with Gasteiger partial charge in [0.05, 0.1) is 5.39 Å². The first kappa shape index (κ1) is 15.9. The molecule has 2 N–H and O–H groups in total. The number of rotatable bonds is 5. The molecule has 118 valence electrons. The highest BCUT2D eigenvalue weighted by Gasteiger charge is 2.13.